The van der Waals surface area contributed by atoms with E-state index in [2.05, 4.69) is 9.84 Å². The van der Waals surface area contributed by atoms with E-state index in [-0.39, 0.29) is 16.3 Å². The highest BCUT2D eigenvalue weighted by molar-refractivity contribution is 7.91. The number of sulfone groups is 1. The van der Waals surface area contributed by atoms with Gasteiger partial charge in [0.25, 0.3) is 0 Å². The second-order valence-corrected chi connectivity index (χ2v) is 7.80. The molecular weight excluding hydrogens is 421 g/mol. The fourth-order valence-electron chi connectivity index (χ4n) is 2.05. The minimum absolute atomic E-state index is 0.0200. The van der Waals surface area contributed by atoms with Gasteiger partial charge in [0.15, 0.2) is 22.2 Å². The summed E-state index contributed by atoms with van der Waals surface area (Å²) < 4.78 is 118. The van der Waals surface area contributed by atoms with E-state index < -0.39 is 40.2 Å². The molecule has 0 radical (unpaired) electrons. The molecule has 2 rings (SSSR count). The quantitative estimate of drug-likeness (QED) is 0.621. The van der Waals surface area contributed by atoms with Crippen LogP contribution < -0.4 is 4.74 Å². The zero-order valence-corrected chi connectivity index (χ0v) is 14.9. The van der Waals surface area contributed by atoms with E-state index in [1.807, 2.05) is 0 Å². The lowest BCUT2D eigenvalue weighted by atomic mass is 10.2. The molecule has 0 aliphatic heterocycles. The van der Waals surface area contributed by atoms with Crippen LogP contribution in [0, 0.1) is 0 Å². The van der Waals surface area contributed by atoms with Crippen molar-refractivity contribution in [3.8, 4) is 11.4 Å². The summed E-state index contributed by atoms with van der Waals surface area (Å²) in [5.74, 6) is -12.6. The predicted octanol–water partition coefficient (Wildman–Crippen LogP) is 3.88. The zero-order chi connectivity index (χ0) is 21.4. The van der Waals surface area contributed by atoms with Crippen molar-refractivity contribution in [2.75, 3.05) is 12.4 Å². The van der Waals surface area contributed by atoms with Crippen LogP contribution in [0.15, 0.2) is 41.6 Å². The fourth-order valence-corrected chi connectivity index (χ4v) is 3.13. The lowest BCUT2D eigenvalue weighted by Crippen LogP contribution is -2.54. The second kappa shape index (κ2) is 7.26. The third-order valence-corrected chi connectivity index (χ3v) is 5.40. The Morgan fingerprint density at radius 3 is 2.25 bits per heavy atom. The second-order valence-electron chi connectivity index (χ2n) is 5.56. The molecule has 0 spiro atoms. The number of ether oxygens (including phenoxy) is 1. The summed E-state index contributed by atoms with van der Waals surface area (Å²) >= 11 is 0. The molecule has 5 nitrogen and oxygen atoms in total. The monoisotopic (exact) mass is 434 g/mol. The number of rotatable bonds is 7. The number of halogens is 7. The molecule has 1 aromatic carbocycles. The number of aromatic nitrogens is 2. The van der Waals surface area contributed by atoms with Crippen LogP contribution in [0.1, 0.15) is 6.92 Å². The van der Waals surface area contributed by atoms with Gasteiger partial charge in [0.1, 0.15) is 0 Å². The maximum Gasteiger partial charge on any atom is 0.460 e. The van der Waals surface area contributed by atoms with Gasteiger partial charge < -0.3 is 4.74 Å². The van der Waals surface area contributed by atoms with Gasteiger partial charge in [0.05, 0.1) is 28.7 Å². The Hall–Kier alpha value is -2.31. The first-order valence-corrected chi connectivity index (χ1v) is 9.20. The first kappa shape index (κ1) is 22.0. The standard InChI is InChI=1S/C15H13F7N2O3S/c1-2-28(25,26)12-6-4-3-5-11(12)24-8-10(7-23-24)27-9-13(16,17)14(18,19)15(20,21)22/h3-8H,2,9H2,1H3. The number of hydrogen-bond donors (Lipinski definition) is 0. The van der Waals surface area contributed by atoms with E-state index in [9.17, 15) is 39.2 Å². The summed E-state index contributed by atoms with van der Waals surface area (Å²) in [6, 6.07) is 5.51. The van der Waals surface area contributed by atoms with Crippen molar-refractivity contribution in [3.05, 3.63) is 36.7 Å². The van der Waals surface area contributed by atoms with E-state index in [0.29, 0.717) is 0 Å². The number of nitrogens with zero attached hydrogens (tertiary/aromatic N) is 2. The number of alkyl halides is 7. The first-order valence-electron chi connectivity index (χ1n) is 7.55. The highest BCUT2D eigenvalue weighted by atomic mass is 32.2. The van der Waals surface area contributed by atoms with Crippen LogP contribution in [0.3, 0.4) is 0 Å². The maximum absolute atomic E-state index is 13.3. The summed E-state index contributed by atoms with van der Waals surface area (Å²) in [5.41, 5.74) is 0.0200. The van der Waals surface area contributed by atoms with Gasteiger partial charge in [-0.05, 0) is 12.1 Å². The fraction of sp³-hybridized carbons (Fsp3) is 0.400. The summed E-state index contributed by atoms with van der Waals surface area (Å²) in [6.45, 7) is -0.868. The molecule has 28 heavy (non-hydrogen) atoms. The van der Waals surface area contributed by atoms with Crippen LogP contribution in [0.5, 0.6) is 5.75 Å². The summed E-state index contributed by atoms with van der Waals surface area (Å²) in [5, 5.41) is 3.68. The van der Waals surface area contributed by atoms with Gasteiger partial charge in [-0.2, -0.15) is 35.8 Å². The normalized spacial score (nSPS) is 13.6. The minimum atomic E-state index is -6.46. The van der Waals surface area contributed by atoms with Gasteiger partial charge in [0, 0.05) is 0 Å². The first-order chi connectivity index (χ1) is 12.7. The van der Waals surface area contributed by atoms with Crippen molar-refractivity contribution in [1.82, 2.24) is 9.78 Å². The highest BCUT2D eigenvalue weighted by Gasteiger charge is 2.73. The lowest BCUT2D eigenvalue weighted by molar-refractivity contribution is -0.358. The van der Waals surface area contributed by atoms with Gasteiger partial charge in [-0.15, -0.1) is 0 Å². The molecule has 0 bridgehead atoms. The Balaban J connectivity index is 2.26. The Morgan fingerprint density at radius 1 is 1.07 bits per heavy atom. The largest absolute Gasteiger partial charge is 0.484 e. The molecule has 13 heteroatoms. The maximum atomic E-state index is 13.3. The molecule has 0 saturated heterocycles. The van der Waals surface area contributed by atoms with Crippen molar-refractivity contribution in [1.29, 1.82) is 0 Å². The highest BCUT2D eigenvalue weighted by Crippen LogP contribution is 2.46. The van der Waals surface area contributed by atoms with Gasteiger partial charge in [-0.3, -0.25) is 0 Å². The van der Waals surface area contributed by atoms with Crippen LogP contribution in [-0.4, -0.2) is 48.6 Å². The Bertz CT molecular complexity index is 939. The summed E-state index contributed by atoms with van der Waals surface area (Å²) in [7, 11) is -3.68. The topological polar surface area (TPSA) is 61.2 Å². The van der Waals surface area contributed by atoms with Crippen molar-refractivity contribution < 1.29 is 43.9 Å². The van der Waals surface area contributed by atoms with Crippen molar-refractivity contribution in [2.45, 2.75) is 29.8 Å². The van der Waals surface area contributed by atoms with E-state index >= 15 is 0 Å². The van der Waals surface area contributed by atoms with Crippen molar-refractivity contribution in [2.24, 2.45) is 0 Å². The summed E-state index contributed by atoms with van der Waals surface area (Å²) in [6.07, 6.45) is -4.81. The van der Waals surface area contributed by atoms with E-state index in [1.165, 1.54) is 31.2 Å². The number of benzene rings is 1. The van der Waals surface area contributed by atoms with Gasteiger partial charge >= 0.3 is 18.0 Å². The third kappa shape index (κ3) is 4.08. The third-order valence-electron chi connectivity index (χ3n) is 3.62. The lowest BCUT2D eigenvalue weighted by Gasteiger charge is -2.27. The Labute approximate surface area is 154 Å². The molecule has 0 unspecified atom stereocenters. The van der Waals surface area contributed by atoms with E-state index in [0.717, 1.165) is 17.1 Å². The molecule has 156 valence electrons. The van der Waals surface area contributed by atoms with Crippen LogP contribution in [0.4, 0.5) is 30.7 Å². The molecule has 0 amide bonds. The van der Waals surface area contributed by atoms with Gasteiger partial charge in [0.2, 0.25) is 0 Å². The summed E-state index contributed by atoms with van der Waals surface area (Å²) in [4.78, 5) is -0.138. The van der Waals surface area contributed by atoms with Gasteiger partial charge in [-0.1, -0.05) is 19.1 Å². The molecule has 1 aromatic heterocycles. The van der Waals surface area contributed by atoms with Crippen molar-refractivity contribution >= 4 is 9.84 Å². The molecule has 0 aliphatic carbocycles. The molecule has 2 aromatic rings. The number of hydrogen-bond acceptors (Lipinski definition) is 4. The SMILES string of the molecule is CCS(=O)(=O)c1ccccc1-n1cc(OCC(F)(F)C(F)(F)C(F)(F)F)cn1. The van der Waals surface area contributed by atoms with Crippen LogP contribution in [0.25, 0.3) is 5.69 Å². The number of para-hydroxylation sites is 1. The average Bonchev–Trinajstić information content (AvgIpc) is 3.08. The molecule has 0 N–H and O–H groups in total. The molecule has 0 atom stereocenters. The zero-order valence-electron chi connectivity index (χ0n) is 14.1. The Kier molecular flexibility index (Phi) is 5.70. The van der Waals surface area contributed by atoms with Crippen LogP contribution in [-0.2, 0) is 9.84 Å². The minimum Gasteiger partial charge on any atom is -0.484 e. The Morgan fingerprint density at radius 2 is 1.68 bits per heavy atom. The van der Waals surface area contributed by atoms with Crippen LogP contribution in [0.2, 0.25) is 0 Å². The molecule has 0 aliphatic rings. The predicted molar refractivity (Wildman–Crippen MR) is 82.7 cm³/mol. The van der Waals surface area contributed by atoms with Crippen molar-refractivity contribution in [3.63, 3.8) is 0 Å². The van der Waals surface area contributed by atoms with E-state index in [4.69, 9.17) is 0 Å². The molecule has 0 saturated carbocycles. The molecule has 0 fully saturated rings. The van der Waals surface area contributed by atoms with Gasteiger partial charge in [-0.25, -0.2) is 13.1 Å². The molecular formula is C15H13F7N2O3S. The smallest absolute Gasteiger partial charge is 0.460 e. The van der Waals surface area contributed by atoms with E-state index in [1.54, 1.807) is 0 Å². The van der Waals surface area contributed by atoms with Crippen LogP contribution >= 0.6 is 0 Å². The average molecular weight is 434 g/mol. The molecule has 1 heterocycles.